The Bertz CT molecular complexity index is 851. The van der Waals surface area contributed by atoms with Crippen LogP contribution in [-0.4, -0.2) is 60.9 Å². The standard InChI is InChI=1S/C24H29N3O2/c1-19(28)25-14-16-27(17-15-25)24(29)21-10-12-26(13-11-21)23-9-5-8-22(18-23)20-6-3-2-4-7-20/h2-9,18,21H,10-17H2,1H3. The van der Waals surface area contributed by atoms with Crippen molar-refractivity contribution in [3.05, 3.63) is 54.6 Å². The summed E-state index contributed by atoms with van der Waals surface area (Å²) < 4.78 is 0. The van der Waals surface area contributed by atoms with Crippen LogP contribution in [0.15, 0.2) is 54.6 Å². The number of carbonyl (C=O) groups excluding carboxylic acids is 2. The quantitative estimate of drug-likeness (QED) is 0.807. The smallest absolute Gasteiger partial charge is 0.225 e. The van der Waals surface area contributed by atoms with E-state index in [1.165, 1.54) is 16.8 Å². The minimum Gasteiger partial charge on any atom is -0.371 e. The molecular formula is C24H29N3O2. The number of benzene rings is 2. The highest BCUT2D eigenvalue weighted by Crippen LogP contribution is 2.28. The van der Waals surface area contributed by atoms with Crippen LogP contribution in [0.3, 0.4) is 0 Å². The zero-order valence-electron chi connectivity index (χ0n) is 17.1. The molecular weight excluding hydrogens is 362 g/mol. The van der Waals surface area contributed by atoms with Crippen molar-refractivity contribution in [2.75, 3.05) is 44.2 Å². The molecule has 152 valence electrons. The van der Waals surface area contributed by atoms with Crippen molar-refractivity contribution >= 4 is 17.5 Å². The van der Waals surface area contributed by atoms with Crippen molar-refractivity contribution in [1.82, 2.24) is 9.80 Å². The van der Waals surface area contributed by atoms with Crippen LogP contribution in [0.4, 0.5) is 5.69 Å². The molecule has 0 bridgehead atoms. The summed E-state index contributed by atoms with van der Waals surface area (Å²) in [5, 5.41) is 0. The van der Waals surface area contributed by atoms with Gasteiger partial charge in [-0.05, 0) is 36.1 Å². The van der Waals surface area contributed by atoms with Crippen LogP contribution in [-0.2, 0) is 9.59 Å². The van der Waals surface area contributed by atoms with Crippen molar-refractivity contribution in [2.24, 2.45) is 5.92 Å². The minimum absolute atomic E-state index is 0.100. The summed E-state index contributed by atoms with van der Waals surface area (Å²) in [4.78, 5) is 30.6. The van der Waals surface area contributed by atoms with Crippen LogP contribution < -0.4 is 4.90 Å². The van der Waals surface area contributed by atoms with E-state index in [1.807, 2.05) is 15.9 Å². The van der Waals surface area contributed by atoms with Crippen LogP contribution in [0.5, 0.6) is 0 Å². The Hall–Kier alpha value is -2.82. The maximum atomic E-state index is 12.9. The number of hydrogen-bond acceptors (Lipinski definition) is 3. The SMILES string of the molecule is CC(=O)N1CCN(C(=O)C2CCN(c3cccc(-c4ccccc4)c3)CC2)CC1. The van der Waals surface area contributed by atoms with Gasteiger partial charge in [0.05, 0.1) is 0 Å². The van der Waals surface area contributed by atoms with Gasteiger partial charge >= 0.3 is 0 Å². The van der Waals surface area contributed by atoms with E-state index >= 15 is 0 Å². The summed E-state index contributed by atoms with van der Waals surface area (Å²) in [6, 6.07) is 19.1. The predicted molar refractivity (Wildman–Crippen MR) is 116 cm³/mol. The summed E-state index contributed by atoms with van der Waals surface area (Å²) in [7, 11) is 0. The number of nitrogens with zero attached hydrogens (tertiary/aromatic N) is 3. The first-order chi connectivity index (χ1) is 14.1. The molecule has 2 saturated heterocycles. The molecule has 2 aromatic carbocycles. The van der Waals surface area contributed by atoms with E-state index in [2.05, 4.69) is 53.4 Å². The number of amides is 2. The van der Waals surface area contributed by atoms with Crippen molar-refractivity contribution in [3.63, 3.8) is 0 Å². The number of piperazine rings is 1. The van der Waals surface area contributed by atoms with E-state index in [0.29, 0.717) is 26.2 Å². The predicted octanol–water partition coefficient (Wildman–Crippen LogP) is 3.26. The Labute approximate surface area is 172 Å². The van der Waals surface area contributed by atoms with Gasteiger partial charge in [-0.15, -0.1) is 0 Å². The fourth-order valence-corrected chi connectivity index (χ4v) is 4.40. The molecule has 4 rings (SSSR count). The van der Waals surface area contributed by atoms with E-state index in [9.17, 15) is 9.59 Å². The molecule has 2 amide bonds. The summed E-state index contributed by atoms with van der Waals surface area (Å²) in [6.07, 6.45) is 1.78. The molecule has 29 heavy (non-hydrogen) atoms. The largest absolute Gasteiger partial charge is 0.371 e. The second-order valence-electron chi connectivity index (χ2n) is 8.01. The summed E-state index contributed by atoms with van der Waals surface area (Å²) in [6.45, 7) is 6.05. The van der Waals surface area contributed by atoms with Crippen LogP contribution >= 0.6 is 0 Å². The van der Waals surface area contributed by atoms with Gasteiger partial charge in [0.1, 0.15) is 0 Å². The highest BCUT2D eigenvalue weighted by molar-refractivity contribution is 5.80. The van der Waals surface area contributed by atoms with Gasteiger partial charge in [-0.3, -0.25) is 9.59 Å². The van der Waals surface area contributed by atoms with Crippen LogP contribution in [0.2, 0.25) is 0 Å². The maximum absolute atomic E-state index is 12.9. The highest BCUT2D eigenvalue weighted by atomic mass is 16.2. The topological polar surface area (TPSA) is 43.9 Å². The molecule has 0 unspecified atom stereocenters. The fourth-order valence-electron chi connectivity index (χ4n) is 4.40. The minimum atomic E-state index is 0.100. The number of rotatable bonds is 3. The average Bonchev–Trinajstić information content (AvgIpc) is 2.79. The first-order valence-corrected chi connectivity index (χ1v) is 10.6. The lowest BCUT2D eigenvalue weighted by Crippen LogP contribution is -2.52. The Morgan fingerprint density at radius 3 is 2.03 bits per heavy atom. The van der Waals surface area contributed by atoms with E-state index in [1.54, 1.807) is 6.92 Å². The second kappa shape index (κ2) is 8.68. The molecule has 2 heterocycles. The molecule has 2 fully saturated rings. The monoisotopic (exact) mass is 391 g/mol. The average molecular weight is 392 g/mol. The molecule has 2 aliphatic rings. The van der Waals surface area contributed by atoms with Gasteiger partial charge in [0, 0.05) is 57.8 Å². The van der Waals surface area contributed by atoms with E-state index < -0.39 is 0 Å². The van der Waals surface area contributed by atoms with Gasteiger partial charge in [0.25, 0.3) is 0 Å². The first-order valence-electron chi connectivity index (χ1n) is 10.6. The van der Waals surface area contributed by atoms with Crippen LogP contribution in [0.25, 0.3) is 11.1 Å². The fraction of sp³-hybridized carbons (Fsp3) is 0.417. The zero-order valence-corrected chi connectivity index (χ0v) is 17.1. The third-order valence-corrected chi connectivity index (χ3v) is 6.20. The molecule has 0 atom stereocenters. The number of hydrogen-bond donors (Lipinski definition) is 0. The van der Waals surface area contributed by atoms with Gasteiger partial charge in [0.2, 0.25) is 11.8 Å². The molecule has 2 aliphatic heterocycles. The van der Waals surface area contributed by atoms with Gasteiger partial charge in [-0.1, -0.05) is 42.5 Å². The number of carbonyl (C=O) groups is 2. The van der Waals surface area contributed by atoms with Gasteiger partial charge < -0.3 is 14.7 Å². The number of piperidine rings is 1. The molecule has 0 spiro atoms. The molecule has 0 N–H and O–H groups in total. The maximum Gasteiger partial charge on any atom is 0.225 e. The molecule has 0 aromatic heterocycles. The number of anilines is 1. The summed E-state index contributed by atoms with van der Waals surface area (Å²) in [5.74, 6) is 0.474. The Morgan fingerprint density at radius 1 is 0.759 bits per heavy atom. The summed E-state index contributed by atoms with van der Waals surface area (Å²) >= 11 is 0. The van der Waals surface area contributed by atoms with Crippen molar-refractivity contribution < 1.29 is 9.59 Å². The molecule has 0 aliphatic carbocycles. The molecule has 5 heteroatoms. The van der Waals surface area contributed by atoms with Crippen molar-refractivity contribution in [2.45, 2.75) is 19.8 Å². The van der Waals surface area contributed by atoms with Crippen LogP contribution in [0.1, 0.15) is 19.8 Å². The lowest BCUT2D eigenvalue weighted by molar-refractivity contribution is -0.141. The summed E-state index contributed by atoms with van der Waals surface area (Å²) in [5.41, 5.74) is 3.68. The highest BCUT2D eigenvalue weighted by Gasteiger charge is 2.30. The Morgan fingerprint density at radius 2 is 1.38 bits per heavy atom. The molecule has 2 aromatic rings. The van der Waals surface area contributed by atoms with Gasteiger partial charge in [-0.2, -0.15) is 0 Å². The second-order valence-corrected chi connectivity index (χ2v) is 8.01. The van der Waals surface area contributed by atoms with E-state index in [0.717, 1.165) is 25.9 Å². The molecule has 0 radical (unpaired) electrons. The Balaban J connectivity index is 1.34. The lowest BCUT2D eigenvalue weighted by Gasteiger charge is -2.39. The molecule has 0 saturated carbocycles. The lowest BCUT2D eigenvalue weighted by atomic mass is 9.94. The van der Waals surface area contributed by atoms with Crippen molar-refractivity contribution in [1.29, 1.82) is 0 Å². The van der Waals surface area contributed by atoms with E-state index in [-0.39, 0.29) is 17.7 Å². The Kier molecular flexibility index (Phi) is 5.84. The van der Waals surface area contributed by atoms with Gasteiger partial charge in [-0.25, -0.2) is 0 Å². The molecule has 5 nitrogen and oxygen atoms in total. The third-order valence-electron chi connectivity index (χ3n) is 6.20. The third kappa shape index (κ3) is 4.44. The van der Waals surface area contributed by atoms with E-state index in [4.69, 9.17) is 0 Å². The zero-order chi connectivity index (χ0) is 20.2. The van der Waals surface area contributed by atoms with Crippen LogP contribution in [0, 0.1) is 5.92 Å². The van der Waals surface area contributed by atoms with Gasteiger partial charge in [0.15, 0.2) is 0 Å². The van der Waals surface area contributed by atoms with Crippen molar-refractivity contribution in [3.8, 4) is 11.1 Å². The normalized spacial score (nSPS) is 18.0. The first kappa shape index (κ1) is 19.5.